The number of rotatable bonds is 5. The number of amides is 1. The molecule has 1 aromatic carbocycles. The standard InChI is InChI=1S/C14H20N6O.ClH/c1-9(2)7-12(15)14(21)16-11-6-4-5-10(8-11)13-17-18-19-20(13)3;/h4-6,8-9,12H,7,15H2,1-3H3,(H,16,21);1H/t12-;/m0./s1. The number of hydrogen-bond acceptors (Lipinski definition) is 5. The Bertz CT molecular complexity index is 627. The van der Waals surface area contributed by atoms with Crippen molar-refractivity contribution in [3.05, 3.63) is 24.3 Å². The van der Waals surface area contributed by atoms with E-state index in [9.17, 15) is 4.79 Å². The molecule has 120 valence electrons. The topological polar surface area (TPSA) is 98.7 Å². The van der Waals surface area contributed by atoms with Crippen LogP contribution in [0.5, 0.6) is 0 Å². The molecule has 1 atom stereocenters. The first-order chi connectivity index (χ1) is 9.97. The van der Waals surface area contributed by atoms with E-state index in [0.29, 0.717) is 23.9 Å². The average Bonchev–Trinajstić information content (AvgIpc) is 2.84. The van der Waals surface area contributed by atoms with Gasteiger partial charge in [-0.15, -0.1) is 17.5 Å². The molecule has 0 saturated heterocycles. The first-order valence-electron chi connectivity index (χ1n) is 6.86. The van der Waals surface area contributed by atoms with Gasteiger partial charge in [0.25, 0.3) is 0 Å². The van der Waals surface area contributed by atoms with Crippen LogP contribution in [0.25, 0.3) is 11.4 Å². The van der Waals surface area contributed by atoms with E-state index in [1.165, 1.54) is 0 Å². The summed E-state index contributed by atoms with van der Waals surface area (Å²) in [5.74, 6) is 0.830. The lowest BCUT2D eigenvalue weighted by Crippen LogP contribution is -2.36. The van der Waals surface area contributed by atoms with E-state index in [1.807, 2.05) is 38.1 Å². The number of hydrogen-bond donors (Lipinski definition) is 2. The molecule has 0 aliphatic rings. The van der Waals surface area contributed by atoms with Gasteiger partial charge in [0.2, 0.25) is 5.91 Å². The first-order valence-corrected chi connectivity index (χ1v) is 6.86. The van der Waals surface area contributed by atoms with Crippen LogP contribution in [-0.4, -0.2) is 32.2 Å². The second-order valence-corrected chi connectivity index (χ2v) is 5.43. The minimum absolute atomic E-state index is 0. The molecular weight excluding hydrogens is 304 g/mol. The molecule has 7 nitrogen and oxygen atoms in total. The zero-order valence-electron chi connectivity index (χ0n) is 12.9. The van der Waals surface area contributed by atoms with E-state index in [0.717, 1.165) is 5.56 Å². The summed E-state index contributed by atoms with van der Waals surface area (Å²) in [5.41, 5.74) is 7.39. The number of halogens is 1. The van der Waals surface area contributed by atoms with Gasteiger partial charge in [0.1, 0.15) is 0 Å². The highest BCUT2D eigenvalue weighted by molar-refractivity contribution is 5.95. The van der Waals surface area contributed by atoms with Gasteiger partial charge in [0.05, 0.1) is 6.04 Å². The van der Waals surface area contributed by atoms with Gasteiger partial charge in [-0.05, 0) is 34.9 Å². The molecule has 22 heavy (non-hydrogen) atoms. The van der Waals surface area contributed by atoms with Crippen molar-refractivity contribution in [1.82, 2.24) is 20.2 Å². The third-order valence-electron chi connectivity index (χ3n) is 3.07. The Hall–Kier alpha value is -1.99. The van der Waals surface area contributed by atoms with Crippen molar-refractivity contribution >= 4 is 24.0 Å². The van der Waals surface area contributed by atoms with Crippen molar-refractivity contribution in [2.45, 2.75) is 26.3 Å². The zero-order valence-corrected chi connectivity index (χ0v) is 13.7. The van der Waals surface area contributed by atoms with Gasteiger partial charge in [0, 0.05) is 18.3 Å². The highest BCUT2D eigenvalue weighted by Crippen LogP contribution is 2.19. The highest BCUT2D eigenvalue weighted by Gasteiger charge is 2.15. The van der Waals surface area contributed by atoms with Gasteiger partial charge in [-0.25, -0.2) is 4.68 Å². The maximum absolute atomic E-state index is 12.0. The van der Waals surface area contributed by atoms with Crippen molar-refractivity contribution < 1.29 is 4.79 Å². The maximum atomic E-state index is 12.0. The van der Waals surface area contributed by atoms with Crippen LogP contribution < -0.4 is 11.1 Å². The summed E-state index contributed by atoms with van der Waals surface area (Å²) in [7, 11) is 1.76. The van der Waals surface area contributed by atoms with Gasteiger partial charge < -0.3 is 11.1 Å². The fourth-order valence-corrected chi connectivity index (χ4v) is 2.06. The van der Waals surface area contributed by atoms with Crippen molar-refractivity contribution in [2.75, 3.05) is 5.32 Å². The molecule has 0 radical (unpaired) electrons. The summed E-state index contributed by atoms with van der Waals surface area (Å²) in [4.78, 5) is 12.0. The van der Waals surface area contributed by atoms with Gasteiger partial charge >= 0.3 is 0 Å². The summed E-state index contributed by atoms with van der Waals surface area (Å²) < 4.78 is 1.57. The van der Waals surface area contributed by atoms with Gasteiger partial charge in [-0.3, -0.25) is 4.79 Å². The lowest BCUT2D eigenvalue weighted by molar-refractivity contribution is -0.117. The minimum atomic E-state index is -0.509. The molecule has 0 aliphatic heterocycles. The van der Waals surface area contributed by atoms with Crippen LogP contribution in [0.15, 0.2) is 24.3 Å². The number of nitrogens with two attached hydrogens (primary N) is 1. The monoisotopic (exact) mass is 324 g/mol. The Kier molecular flexibility index (Phi) is 6.45. The Morgan fingerprint density at radius 3 is 2.73 bits per heavy atom. The number of aryl methyl sites for hydroxylation is 1. The minimum Gasteiger partial charge on any atom is -0.325 e. The molecule has 8 heteroatoms. The van der Waals surface area contributed by atoms with Crippen molar-refractivity contribution in [3.63, 3.8) is 0 Å². The van der Waals surface area contributed by atoms with E-state index in [4.69, 9.17) is 5.73 Å². The fourth-order valence-electron chi connectivity index (χ4n) is 2.06. The van der Waals surface area contributed by atoms with E-state index in [1.54, 1.807) is 11.7 Å². The smallest absolute Gasteiger partial charge is 0.241 e. The molecule has 1 amide bonds. The van der Waals surface area contributed by atoms with Crippen LogP contribution in [0.3, 0.4) is 0 Å². The predicted molar refractivity (Wildman–Crippen MR) is 87.5 cm³/mol. The van der Waals surface area contributed by atoms with Crippen LogP contribution in [0, 0.1) is 5.92 Å². The molecule has 1 heterocycles. The Morgan fingerprint density at radius 1 is 1.41 bits per heavy atom. The number of anilines is 1. The molecule has 1 aromatic heterocycles. The van der Waals surface area contributed by atoms with E-state index in [-0.39, 0.29) is 18.3 Å². The van der Waals surface area contributed by atoms with Crippen LogP contribution in [0.1, 0.15) is 20.3 Å². The lowest BCUT2D eigenvalue weighted by Gasteiger charge is -2.14. The second kappa shape index (κ2) is 7.86. The van der Waals surface area contributed by atoms with Gasteiger partial charge in [0.15, 0.2) is 5.82 Å². The molecular formula is C14H21ClN6O. The van der Waals surface area contributed by atoms with E-state index >= 15 is 0 Å². The number of aromatic nitrogens is 4. The lowest BCUT2D eigenvalue weighted by atomic mass is 10.0. The molecule has 2 rings (SSSR count). The predicted octanol–water partition coefficient (Wildman–Crippen LogP) is 1.61. The molecule has 0 aliphatic carbocycles. The van der Waals surface area contributed by atoms with Crippen molar-refractivity contribution in [3.8, 4) is 11.4 Å². The third-order valence-corrected chi connectivity index (χ3v) is 3.07. The zero-order chi connectivity index (χ0) is 15.4. The Labute approximate surface area is 135 Å². The van der Waals surface area contributed by atoms with Crippen LogP contribution in [0.4, 0.5) is 5.69 Å². The number of carbonyl (C=O) groups excluding carboxylic acids is 1. The Balaban J connectivity index is 0.00000242. The molecule has 2 aromatic rings. The van der Waals surface area contributed by atoms with Crippen LogP contribution in [-0.2, 0) is 11.8 Å². The summed E-state index contributed by atoms with van der Waals surface area (Å²) in [6.45, 7) is 4.07. The molecule has 0 fully saturated rings. The summed E-state index contributed by atoms with van der Waals surface area (Å²) in [5, 5.41) is 14.2. The molecule has 0 unspecified atom stereocenters. The summed E-state index contributed by atoms with van der Waals surface area (Å²) in [6.07, 6.45) is 0.652. The van der Waals surface area contributed by atoms with Gasteiger partial charge in [-0.2, -0.15) is 0 Å². The number of carbonyl (C=O) groups is 1. The normalized spacial score (nSPS) is 11.9. The molecule has 0 spiro atoms. The quantitative estimate of drug-likeness (QED) is 0.870. The average molecular weight is 325 g/mol. The molecule has 0 saturated carbocycles. The Morgan fingerprint density at radius 2 is 2.14 bits per heavy atom. The number of tetrazole rings is 1. The number of nitrogens with zero attached hydrogens (tertiary/aromatic N) is 4. The number of benzene rings is 1. The van der Waals surface area contributed by atoms with E-state index < -0.39 is 6.04 Å². The molecule has 3 N–H and O–H groups in total. The van der Waals surface area contributed by atoms with Crippen molar-refractivity contribution in [2.24, 2.45) is 18.7 Å². The first kappa shape index (κ1) is 18.1. The molecule has 0 bridgehead atoms. The SMILES string of the molecule is CC(C)C[C@H](N)C(=O)Nc1cccc(-c2nnnn2C)c1.Cl. The highest BCUT2D eigenvalue weighted by atomic mass is 35.5. The largest absolute Gasteiger partial charge is 0.325 e. The van der Waals surface area contributed by atoms with E-state index in [2.05, 4.69) is 20.8 Å². The summed E-state index contributed by atoms with van der Waals surface area (Å²) >= 11 is 0. The maximum Gasteiger partial charge on any atom is 0.241 e. The second-order valence-electron chi connectivity index (χ2n) is 5.43. The summed E-state index contributed by atoms with van der Waals surface area (Å²) in [6, 6.07) is 6.85. The van der Waals surface area contributed by atoms with Crippen molar-refractivity contribution in [1.29, 1.82) is 0 Å². The number of nitrogens with one attached hydrogen (secondary N) is 1. The van der Waals surface area contributed by atoms with Crippen LogP contribution in [0.2, 0.25) is 0 Å². The fraction of sp³-hybridized carbons (Fsp3) is 0.429. The van der Waals surface area contributed by atoms with Crippen LogP contribution >= 0.6 is 12.4 Å². The third kappa shape index (κ3) is 4.51. The van der Waals surface area contributed by atoms with Gasteiger partial charge in [-0.1, -0.05) is 26.0 Å².